The molecule has 0 bridgehead atoms. The lowest BCUT2D eigenvalue weighted by molar-refractivity contribution is 0.103. The van der Waals surface area contributed by atoms with E-state index >= 15 is 0 Å². The Bertz CT molecular complexity index is 1540. The molecule has 0 fully saturated rings. The molecule has 0 radical (unpaired) electrons. The number of pyridine rings is 2. The van der Waals surface area contributed by atoms with E-state index in [0.29, 0.717) is 5.56 Å². The van der Waals surface area contributed by atoms with Gasteiger partial charge in [-0.15, -0.1) is 0 Å². The average molecular weight is 544 g/mol. The third-order valence-corrected chi connectivity index (χ3v) is 7.70. The molecule has 0 N–H and O–H groups in total. The first-order chi connectivity index (χ1) is 17.6. The maximum absolute atomic E-state index is 13.5. The molecule has 2 heterocycles. The van der Waals surface area contributed by atoms with E-state index in [4.69, 9.17) is 4.74 Å². The molecule has 1 aromatic carbocycles. The van der Waals surface area contributed by atoms with Gasteiger partial charge in [-0.1, -0.05) is 6.92 Å². The van der Waals surface area contributed by atoms with Gasteiger partial charge in [0.25, 0.3) is 5.56 Å². The Hall–Kier alpha value is -3.86. The van der Waals surface area contributed by atoms with E-state index in [1.165, 1.54) is 54.0 Å². The van der Waals surface area contributed by atoms with Crippen LogP contribution in [0.5, 0.6) is 5.75 Å². The molecule has 0 saturated carbocycles. The molecule has 0 aliphatic rings. The zero-order valence-corrected chi connectivity index (χ0v) is 22.9. The predicted molar refractivity (Wildman–Crippen MR) is 141 cm³/mol. The normalized spacial score (nSPS) is 11.8. The fraction of sp³-hybridized carbons (Fsp3) is 0.333. The molecule has 3 aromatic rings. The molecule has 0 spiro atoms. The number of carbonyl (C=O) groups is 2. The summed E-state index contributed by atoms with van der Waals surface area (Å²) in [5.41, 5.74) is -0.373. The highest BCUT2D eigenvalue weighted by atomic mass is 32.2. The summed E-state index contributed by atoms with van der Waals surface area (Å²) in [7, 11) is -0.416. The molecule has 9 nitrogen and oxygen atoms in total. The van der Waals surface area contributed by atoms with E-state index in [1.807, 2.05) is 0 Å². The van der Waals surface area contributed by atoms with Crippen molar-refractivity contribution in [2.24, 2.45) is 7.05 Å². The summed E-state index contributed by atoms with van der Waals surface area (Å²) >= 11 is 0. The molecule has 0 aliphatic heterocycles. The van der Waals surface area contributed by atoms with E-state index in [2.05, 4.69) is 4.98 Å². The molecule has 0 unspecified atom stereocenters. The number of aromatic nitrogens is 2. The third kappa shape index (κ3) is 6.52. The number of hydrogen-bond acceptors (Lipinski definition) is 7. The molecule has 0 saturated heterocycles. The predicted octanol–water partition coefficient (Wildman–Crippen LogP) is 3.98. The van der Waals surface area contributed by atoms with E-state index in [0.717, 1.165) is 18.2 Å². The molecule has 1 amide bonds. The second kappa shape index (κ2) is 10.9. The molecule has 0 aliphatic carbocycles. The van der Waals surface area contributed by atoms with Crippen molar-refractivity contribution in [1.82, 2.24) is 14.5 Å². The van der Waals surface area contributed by atoms with Crippen LogP contribution in [-0.2, 0) is 22.6 Å². The van der Waals surface area contributed by atoms with Gasteiger partial charge in [-0.05, 0) is 56.7 Å². The Kier molecular flexibility index (Phi) is 8.21. The van der Waals surface area contributed by atoms with Crippen molar-refractivity contribution in [3.63, 3.8) is 0 Å². The van der Waals surface area contributed by atoms with Crippen LogP contribution >= 0.6 is 0 Å². The summed E-state index contributed by atoms with van der Waals surface area (Å²) < 4.78 is 45.0. The van der Waals surface area contributed by atoms with Gasteiger partial charge in [-0.3, -0.25) is 14.6 Å². The minimum atomic E-state index is -3.45. The van der Waals surface area contributed by atoms with Crippen molar-refractivity contribution in [2.45, 2.75) is 39.0 Å². The van der Waals surface area contributed by atoms with Gasteiger partial charge < -0.3 is 14.2 Å². The third-order valence-electron chi connectivity index (χ3n) is 6.05. The smallest absolute Gasteiger partial charge is 0.409 e. The highest BCUT2D eigenvalue weighted by Gasteiger charge is 2.27. The first-order valence-electron chi connectivity index (χ1n) is 11.8. The van der Waals surface area contributed by atoms with E-state index < -0.39 is 38.6 Å². The van der Waals surface area contributed by atoms with Crippen molar-refractivity contribution in [1.29, 1.82) is 0 Å². The minimum Gasteiger partial charge on any atom is -0.409 e. The van der Waals surface area contributed by atoms with Gasteiger partial charge in [-0.25, -0.2) is 17.6 Å². The van der Waals surface area contributed by atoms with Crippen molar-refractivity contribution < 1.29 is 27.1 Å². The van der Waals surface area contributed by atoms with Crippen LogP contribution in [0.25, 0.3) is 11.1 Å². The van der Waals surface area contributed by atoms with Gasteiger partial charge in [0.15, 0.2) is 9.84 Å². The first-order valence-corrected chi connectivity index (χ1v) is 13.6. The Labute approximate surface area is 220 Å². The summed E-state index contributed by atoms with van der Waals surface area (Å²) in [6.45, 7) is 6.94. The maximum atomic E-state index is 13.5. The van der Waals surface area contributed by atoms with Gasteiger partial charge in [0.1, 0.15) is 17.3 Å². The Morgan fingerprint density at radius 3 is 2.32 bits per heavy atom. The summed E-state index contributed by atoms with van der Waals surface area (Å²) in [5.74, 6) is -1.64. The standard InChI is InChI=1S/C27H30FN3O6S/c1-7-38(35,36)16-17-12-20(24(29-14-17)25(33)18-8-10-19(28)11-9-18)21-15-30(5)23(32)13-22(21)37-26(34)31(6)27(2,3)4/h8-15H,7,16H2,1-6H3. The number of nitrogens with zero attached hydrogens (tertiary/aromatic N) is 3. The zero-order chi connectivity index (χ0) is 28.4. The molecular formula is C27H30FN3O6S. The van der Waals surface area contributed by atoms with Crippen molar-refractivity contribution in [3.8, 4) is 16.9 Å². The van der Waals surface area contributed by atoms with E-state index in [1.54, 1.807) is 27.8 Å². The highest BCUT2D eigenvalue weighted by molar-refractivity contribution is 7.90. The van der Waals surface area contributed by atoms with Gasteiger partial charge in [0, 0.05) is 60.5 Å². The zero-order valence-electron chi connectivity index (χ0n) is 22.1. The number of halogens is 1. The lowest BCUT2D eigenvalue weighted by Gasteiger charge is -2.31. The summed E-state index contributed by atoms with van der Waals surface area (Å²) in [5, 5.41) is 0. The van der Waals surface area contributed by atoms with Crippen LogP contribution < -0.4 is 10.3 Å². The molecule has 11 heteroatoms. The number of rotatable bonds is 7. The number of ketones is 1. The Morgan fingerprint density at radius 1 is 1.11 bits per heavy atom. The Morgan fingerprint density at radius 2 is 1.74 bits per heavy atom. The van der Waals surface area contributed by atoms with E-state index in [-0.39, 0.29) is 39.6 Å². The maximum Gasteiger partial charge on any atom is 0.415 e. The van der Waals surface area contributed by atoms with Gasteiger partial charge in [0.05, 0.1) is 5.75 Å². The van der Waals surface area contributed by atoms with Gasteiger partial charge in [0.2, 0.25) is 5.78 Å². The molecule has 3 rings (SSSR count). The Balaban J connectivity index is 2.25. The first kappa shape index (κ1) is 28.7. The van der Waals surface area contributed by atoms with Gasteiger partial charge >= 0.3 is 6.09 Å². The van der Waals surface area contributed by atoms with Crippen LogP contribution in [0.3, 0.4) is 0 Å². The van der Waals surface area contributed by atoms with Crippen LogP contribution in [0.2, 0.25) is 0 Å². The van der Waals surface area contributed by atoms with Crippen LogP contribution in [0, 0.1) is 5.82 Å². The van der Waals surface area contributed by atoms with Crippen molar-refractivity contribution >= 4 is 21.7 Å². The quantitative estimate of drug-likeness (QED) is 0.414. The molecule has 38 heavy (non-hydrogen) atoms. The number of amides is 1. The molecular weight excluding hydrogens is 513 g/mol. The molecule has 202 valence electrons. The summed E-state index contributed by atoms with van der Waals surface area (Å²) in [6.07, 6.45) is 1.93. The lowest BCUT2D eigenvalue weighted by atomic mass is 9.97. The fourth-order valence-electron chi connectivity index (χ4n) is 3.40. The number of sulfone groups is 1. The molecule has 0 atom stereocenters. The lowest BCUT2D eigenvalue weighted by Crippen LogP contribution is -2.44. The number of aryl methyl sites for hydroxylation is 1. The minimum absolute atomic E-state index is 0.0885. The topological polar surface area (TPSA) is 116 Å². The number of hydrogen-bond donors (Lipinski definition) is 0. The van der Waals surface area contributed by atoms with Crippen LogP contribution in [0.4, 0.5) is 9.18 Å². The second-order valence-electron chi connectivity index (χ2n) is 9.85. The number of benzene rings is 1. The van der Waals surface area contributed by atoms with Crippen LogP contribution in [-0.4, -0.2) is 53.1 Å². The number of carbonyl (C=O) groups excluding carboxylic acids is 2. The van der Waals surface area contributed by atoms with Crippen molar-refractivity contribution in [3.05, 3.63) is 81.8 Å². The largest absolute Gasteiger partial charge is 0.415 e. The van der Waals surface area contributed by atoms with Crippen molar-refractivity contribution in [2.75, 3.05) is 12.8 Å². The van der Waals surface area contributed by atoms with Gasteiger partial charge in [-0.2, -0.15) is 0 Å². The van der Waals surface area contributed by atoms with Crippen LogP contribution in [0.1, 0.15) is 49.3 Å². The SMILES string of the molecule is CCS(=O)(=O)Cc1cnc(C(=O)c2ccc(F)cc2)c(-c2cn(C)c(=O)cc2OC(=O)N(C)C(C)(C)C)c1. The van der Waals surface area contributed by atoms with E-state index in [9.17, 15) is 27.2 Å². The monoisotopic (exact) mass is 543 g/mol. The number of ether oxygens (including phenoxy) is 1. The summed E-state index contributed by atoms with van der Waals surface area (Å²) in [6, 6.07) is 7.47. The summed E-state index contributed by atoms with van der Waals surface area (Å²) in [4.78, 5) is 44.5. The van der Waals surface area contributed by atoms with Crippen LogP contribution in [0.15, 0.2) is 53.6 Å². The second-order valence-corrected chi connectivity index (χ2v) is 12.2. The fourth-order valence-corrected chi connectivity index (χ4v) is 4.27. The highest BCUT2D eigenvalue weighted by Crippen LogP contribution is 2.33. The molecule has 2 aromatic heterocycles. The average Bonchev–Trinajstić information content (AvgIpc) is 2.84.